The largest absolute Gasteiger partial charge is 0.497 e. The molecule has 1 N–H and O–H groups in total. The number of carbonyl (C=O) groups is 2. The molecule has 132 valence electrons. The van der Waals surface area contributed by atoms with Crippen molar-refractivity contribution >= 4 is 17.6 Å². The average molecular weight is 343 g/mol. The van der Waals surface area contributed by atoms with Gasteiger partial charge < -0.3 is 19.5 Å². The van der Waals surface area contributed by atoms with Gasteiger partial charge in [0, 0.05) is 11.3 Å². The Hall–Kier alpha value is -3.02. The van der Waals surface area contributed by atoms with Crippen molar-refractivity contribution in [2.45, 2.75) is 13.3 Å². The predicted octanol–water partition coefficient (Wildman–Crippen LogP) is 3.28. The molecule has 2 rings (SSSR count). The van der Waals surface area contributed by atoms with E-state index in [2.05, 4.69) is 5.32 Å². The van der Waals surface area contributed by atoms with Gasteiger partial charge in [0.05, 0.1) is 13.7 Å². The lowest BCUT2D eigenvalue weighted by molar-refractivity contribution is -0.146. The molecule has 25 heavy (non-hydrogen) atoms. The highest BCUT2D eigenvalue weighted by atomic mass is 16.6. The van der Waals surface area contributed by atoms with E-state index in [0.717, 1.165) is 12.2 Å². The third-order valence-electron chi connectivity index (χ3n) is 3.29. The fourth-order valence-corrected chi connectivity index (χ4v) is 1.98. The molecule has 0 heterocycles. The third kappa shape index (κ3) is 5.84. The van der Waals surface area contributed by atoms with Crippen molar-refractivity contribution in [2.75, 3.05) is 25.6 Å². The van der Waals surface area contributed by atoms with Crippen molar-refractivity contribution < 1.29 is 23.8 Å². The van der Waals surface area contributed by atoms with Crippen molar-refractivity contribution in [1.29, 1.82) is 0 Å². The first kappa shape index (κ1) is 18.3. The number of hydrogen-bond acceptors (Lipinski definition) is 5. The zero-order valence-electron chi connectivity index (χ0n) is 14.3. The number of esters is 1. The van der Waals surface area contributed by atoms with Gasteiger partial charge in [-0.3, -0.25) is 4.79 Å². The molecule has 6 heteroatoms. The first-order valence-corrected chi connectivity index (χ1v) is 7.96. The number of anilines is 1. The zero-order valence-corrected chi connectivity index (χ0v) is 14.3. The van der Waals surface area contributed by atoms with E-state index in [4.69, 9.17) is 14.2 Å². The van der Waals surface area contributed by atoms with Gasteiger partial charge in [0.1, 0.15) is 11.5 Å². The molecule has 0 aromatic heterocycles. The highest BCUT2D eigenvalue weighted by Crippen LogP contribution is 2.17. The van der Waals surface area contributed by atoms with E-state index >= 15 is 0 Å². The summed E-state index contributed by atoms with van der Waals surface area (Å²) in [5.41, 5.74) is 1.15. The molecule has 0 fully saturated rings. The van der Waals surface area contributed by atoms with Gasteiger partial charge >= 0.3 is 5.97 Å². The molecule has 0 saturated carbocycles. The number of hydrogen-bond donors (Lipinski definition) is 1. The van der Waals surface area contributed by atoms with E-state index in [1.807, 2.05) is 6.92 Å². The number of carbonyl (C=O) groups excluding carboxylic acids is 2. The third-order valence-corrected chi connectivity index (χ3v) is 3.29. The summed E-state index contributed by atoms with van der Waals surface area (Å²) in [5, 5.41) is 2.79. The van der Waals surface area contributed by atoms with Crippen molar-refractivity contribution in [3.63, 3.8) is 0 Å². The molecule has 0 aliphatic heterocycles. The lowest BCUT2D eigenvalue weighted by atomic mass is 10.2. The average Bonchev–Trinajstić information content (AvgIpc) is 2.65. The molecule has 0 bridgehead atoms. The van der Waals surface area contributed by atoms with Crippen LogP contribution in [0.15, 0.2) is 48.5 Å². The highest BCUT2D eigenvalue weighted by molar-refractivity contribution is 6.04. The van der Waals surface area contributed by atoms with Gasteiger partial charge in [0.25, 0.3) is 5.91 Å². The number of benzene rings is 2. The zero-order chi connectivity index (χ0) is 18.1. The summed E-state index contributed by atoms with van der Waals surface area (Å²) in [6, 6.07) is 13.6. The van der Waals surface area contributed by atoms with Crippen LogP contribution in [-0.2, 0) is 9.53 Å². The van der Waals surface area contributed by atoms with Gasteiger partial charge in [-0.2, -0.15) is 0 Å². The molecule has 0 atom stereocenters. The van der Waals surface area contributed by atoms with E-state index in [1.54, 1.807) is 55.6 Å². The molecule has 2 aromatic rings. The van der Waals surface area contributed by atoms with Crippen LogP contribution in [0, 0.1) is 0 Å². The Balaban J connectivity index is 1.87. The molecule has 1 amide bonds. The fraction of sp³-hybridized carbons (Fsp3) is 0.263. The fourth-order valence-electron chi connectivity index (χ4n) is 1.98. The Morgan fingerprint density at radius 1 is 0.960 bits per heavy atom. The molecule has 0 aliphatic rings. The summed E-state index contributed by atoms with van der Waals surface area (Å²) in [6.07, 6.45) is 0.768. The van der Waals surface area contributed by atoms with Crippen LogP contribution in [0.5, 0.6) is 11.5 Å². The second-order valence-electron chi connectivity index (χ2n) is 5.22. The number of rotatable bonds is 8. The molecular weight excluding hydrogens is 322 g/mol. The van der Waals surface area contributed by atoms with E-state index in [-0.39, 0.29) is 12.5 Å². The monoisotopic (exact) mass is 343 g/mol. The number of nitrogens with one attached hydrogen (secondary N) is 1. The van der Waals surface area contributed by atoms with Crippen LogP contribution < -0.4 is 14.8 Å². The minimum absolute atomic E-state index is 0.155. The first-order valence-electron chi connectivity index (χ1n) is 7.96. The van der Waals surface area contributed by atoms with Crippen molar-refractivity contribution in [3.8, 4) is 11.5 Å². The molecule has 2 aromatic carbocycles. The Kier molecular flexibility index (Phi) is 6.83. The van der Waals surface area contributed by atoms with E-state index in [9.17, 15) is 9.59 Å². The van der Waals surface area contributed by atoms with Crippen LogP contribution in [0.1, 0.15) is 23.7 Å². The quantitative estimate of drug-likeness (QED) is 0.745. The molecule has 0 unspecified atom stereocenters. The van der Waals surface area contributed by atoms with Gasteiger partial charge in [-0.1, -0.05) is 6.92 Å². The summed E-state index contributed by atoms with van der Waals surface area (Å²) in [6.45, 7) is 2.15. The van der Waals surface area contributed by atoms with E-state index < -0.39 is 5.97 Å². The van der Waals surface area contributed by atoms with Gasteiger partial charge in [-0.15, -0.1) is 0 Å². The molecular formula is C19H21NO5. The summed E-state index contributed by atoms with van der Waals surface area (Å²) in [5.74, 6) is 0.564. The van der Waals surface area contributed by atoms with Crippen molar-refractivity contribution in [3.05, 3.63) is 54.1 Å². The van der Waals surface area contributed by atoms with Gasteiger partial charge in [0.2, 0.25) is 0 Å². The van der Waals surface area contributed by atoms with Crippen LogP contribution in [0.4, 0.5) is 5.69 Å². The van der Waals surface area contributed by atoms with E-state index in [1.165, 1.54) is 0 Å². The molecule has 0 spiro atoms. The van der Waals surface area contributed by atoms with Gasteiger partial charge in [0.15, 0.2) is 6.61 Å². The Morgan fingerprint density at radius 2 is 1.60 bits per heavy atom. The Morgan fingerprint density at radius 3 is 2.20 bits per heavy atom. The predicted molar refractivity (Wildman–Crippen MR) is 94.1 cm³/mol. The van der Waals surface area contributed by atoms with Gasteiger partial charge in [-0.25, -0.2) is 4.79 Å². The smallest absolute Gasteiger partial charge is 0.344 e. The summed E-state index contributed by atoms with van der Waals surface area (Å²) >= 11 is 0. The maximum Gasteiger partial charge on any atom is 0.344 e. The minimum atomic E-state index is -0.414. The van der Waals surface area contributed by atoms with Crippen LogP contribution in [0.3, 0.4) is 0 Å². The minimum Gasteiger partial charge on any atom is -0.497 e. The second-order valence-corrected chi connectivity index (χ2v) is 5.22. The summed E-state index contributed by atoms with van der Waals surface area (Å²) in [7, 11) is 1.58. The lowest BCUT2D eigenvalue weighted by Gasteiger charge is -2.08. The molecule has 0 radical (unpaired) electrons. The van der Waals surface area contributed by atoms with Crippen LogP contribution in [0.25, 0.3) is 0 Å². The highest BCUT2D eigenvalue weighted by Gasteiger charge is 2.08. The maximum atomic E-state index is 12.2. The van der Waals surface area contributed by atoms with Crippen LogP contribution >= 0.6 is 0 Å². The van der Waals surface area contributed by atoms with Gasteiger partial charge in [-0.05, 0) is 55.0 Å². The Bertz CT molecular complexity index is 695. The van der Waals surface area contributed by atoms with Crippen molar-refractivity contribution in [1.82, 2.24) is 0 Å². The second kappa shape index (κ2) is 9.32. The SMILES string of the molecule is CCCOC(=O)COc1ccc(C(=O)Nc2ccc(OC)cc2)cc1. The summed E-state index contributed by atoms with van der Waals surface area (Å²) in [4.78, 5) is 23.6. The van der Waals surface area contributed by atoms with Crippen LogP contribution in [0.2, 0.25) is 0 Å². The molecule has 0 saturated heterocycles. The topological polar surface area (TPSA) is 73.9 Å². The first-order chi connectivity index (χ1) is 12.1. The standard InChI is InChI=1S/C19H21NO5/c1-3-12-24-18(21)13-25-17-8-4-14(5-9-17)19(22)20-15-6-10-16(23-2)11-7-15/h4-11H,3,12-13H2,1-2H3,(H,20,22). The van der Waals surface area contributed by atoms with Crippen molar-refractivity contribution in [2.24, 2.45) is 0 Å². The number of ether oxygens (including phenoxy) is 3. The normalized spacial score (nSPS) is 10.0. The molecule has 0 aliphatic carbocycles. The molecule has 6 nitrogen and oxygen atoms in total. The summed E-state index contributed by atoms with van der Waals surface area (Å²) < 4.78 is 15.3. The number of amides is 1. The van der Waals surface area contributed by atoms with Crippen LogP contribution in [-0.4, -0.2) is 32.2 Å². The lowest BCUT2D eigenvalue weighted by Crippen LogP contribution is -2.15. The van der Waals surface area contributed by atoms with E-state index in [0.29, 0.717) is 23.6 Å². The Labute approximate surface area is 146 Å². The number of methoxy groups -OCH3 is 1. The maximum absolute atomic E-state index is 12.2.